The van der Waals surface area contributed by atoms with Gasteiger partial charge in [-0.15, -0.1) is 0 Å². The van der Waals surface area contributed by atoms with Gasteiger partial charge in [0.15, 0.2) is 12.4 Å². The molecule has 8 nitrogen and oxygen atoms in total. The molecule has 0 bridgehead atoms. The standard InChI is InChI=1S/C25H22N4O4/c1-17-14-18(2)29(28-17)23-13-8-19(15-26-23)25(31)32-16-24(30)27-20-9-11-22(12-10-20)33-21-6-4-3-5-7-21/h3-15H,16H2,1-2H3,(H,27,30). The van der Waals surface area contributed by atoms with Gasteiger partial charge in [-0.05, 0) is 68.4 Å². The molecule has 33 heavy (non-hydrogen) atoms. The summed E-state index contributed by atoms with van der Waals surface area (Å²) >= 11 is 0. The third-order valence-corrected chi connectivity index (χ3v) is 4.66. The maximum atomic E-state index is 12.3. The number of pyridine rings is 1. The van der Waals surface area contributed by atoms with Crippen molar-refractivity contribution in [2.24, 2.45) is 0 Å². The number of hydrogen-bond acceptors (Lipinski definition) is 6. The number of nitrogens with zero attached hydrogens (tertiary/aromatic N) is 3. The minimum absolute atomic E-state index is 0.246. The van der Waals surface area contributed by atoms with Crippen LogP contribution in [0.2, 0.25) is 0 Å². The van der Waals surface area contributed by atoms with Gasteiger partial charge < -0.3 is 14.8 Å². The lowest BCUT2D eigenvalue weighted by Gasteiger charge is -2.09. The summed E-state index contributed by atoms with van der Waals surface area (Å²) in [5, 5.41) is 7.04. The molecule has 0 saturated heterocycles. The zero-order valence-corrected chi connectivity index (χ0v) is 18.2. The van der Waals surface area contributed by atoms with Gasteiger partial charge in [-0.25, -0.2) is 14.5 Å². The van der Waals surface area contributed by atoms with E-state index in [4.69, 9.17) is 9.47 Å². The third-order valence-electron chi connectivity index (χ3n) is 4.66. The summed E-state index contributed by atoms with van der Waals surface area (Å²) in [5.41, 5.74) is 2.62. The predicted octanol–water partition coefficient (Wildman–Crippen LogP) is 4.47. The molecule has 166 valence electrons. The van der Waals surface area contributed by atoms with Gasteiger partial charge in [0.05, 0.1) is 11.3 Å². The average molecular weight is 442 g/mol. The summed E-state index contributed by atoms with van der Waals surface area (Å²) in [6.07, 6.45) is 1.40. The fourth-order valence-corrected chi connectivity index (χ4v) is 3.14. The van der Waals surface area contributed by atoms with Crippen molar-refractivity contribution >= 4 is 17.6 Å². The van der Waals surface area contributed by atoms with Crippen molar-refractivity contribution in [2.75, 3.05) is 11.9 Å². The highest BCUT2D eigenvalue weighted by molar-refractivity contribution is 5.95. The fourth-order valence-electron chi connectivity index (χ4n) is 3.14. The van der Waals surface area contributed by atoms with Gasteiger partial charge in [0.25, 0.3) is 5.91 Å². The van der Waals surface area contributed by atoms with Crippen LogP contribution in [-0.4, -0.2) is 33.2 Å². The largest absolute Gasteiger partial charge is 0.457 e. The van der Waals surface area contributed by atoms with E-state index in [0.717, 1.165) is 17.1 Å². The Morgan fingerprint density at radius 1 is 0.939 bits per heavy atom. The van der Waals surface area contributed by atoms with E-state index in [1.807, 2.05) is 50.2 Å². The van der Waals surface area contributed by atoms with E-state index in [-0.39, 0.29) is 5.56 Å². The van der Waals surface area contributed by atoms with Crippen LogP contribution in [0, 0.1) is 13.8 Å². The number of nitrogens with one attached hydrogen (secondary N) is 1. The molecule has 0 unspecified atom stereocenters. The topological polar surface area (TPSA) is 95.3 Å². The molecule has 0 spiro atoms. The SMILES string of the molecule is Cc1cc(C)n(-c2ccc(C(=O)OCC(=O)Nc3ccc(Oc4ccccc4)cc3)cn2)n1. The highest BCUT2D eigenvalue weighted by atomic mass is 16.5. The zero-order chi connectivity index (χ0) is 23.2. The summed E-state index contributed by atoms with van der Waals surface area (Å²) in [4.78, 5) is 28.7. The third kappa shape index (κ3) is 5.62. The first-order valence-electron chi connectivity index (χ1n) is 10.3. The van der Waals surface area contributed by atoms with E-state index >= 15 is 0 Å². The maximum Gasteiger partial charge on any atom is 0.340 e. The second kappa shape index (κ2) is 9.78. The molecule has 0 atom stereocenters. The van der Waals surface area contributed by atoms with Crippen molar-refractivity contribution in [3.8, 4) is 17.3 Å². The predicted molar refractivity (Wildman–Crippen MR) is 123 cm³/mol. The first-order valence-corrected chi connectivity index (χ1v) is 10.3. The van der Waals surface area contributed by atoms with E-state index in [0.29, 0.717) is 17.3 Å². The normalized spacial score (nSPS) is 10.5. The number of anilines is 1. The second-order valence-corrected chi connectivity index (χ2v) is 7.31. The van der Waals surface area contributed by atoms with Gasteiger partial charge in [-0.1, -0.05) is 18.2 Å². The molecule has 4 rings (SSSR count). The Bertz CT molecular complexity index is 1250. The van der Waals surface area contributed by atoms with Crippen LogP contribution in [0.25, 0.3) is 5.82 Å². The summed E-state index contributed by atoms with van der Waals surface area (Å²) in [5.74, 6) is 0.867. The number of amides is 1. The van der Waals surface area contributed by atoms with Gasteiger partial charge in [-0.3, -0.25) is 4.79 Å². The Balaban J connectivity index is 1.28. The molecule has 2 heterocycles. The van der Waals surface area contributed by atoms with Gasteiger partial charge in [0.1, 0.15) is 11.5 Å². The Labute approximate surface area is 190 Å². The first-order chi connectivity index (χ1) is 16.0. The van der Waals surface area contributed by atoms with Crippen LogP contribution in [0.3, 0.4) is 0 Å². The van der Waals surface area contributed by atoms with Crippen molar-refractivity contribution in [1.82, 2.24) is 14.8 Å². The quantitative estimate of drug-likeness (QED) is 0.424. The van der Waals surface area contributed by atoms with Crippen LogP contribution in [0.4, 0.5) is 5.69 Å². The number of esters is 1. The molecule has 0 fully saturated rings. The molecule has 0 radical (unpaired) electrons. The van der Waals surface area contributed by atoms with E-state index in [9.17, 15) is 9.59 Å². The number of benzene rings is 2. The Hall–Kier alpha value is -4.46. The van der Waals surface area contributed by atoms with Gasteiger partial charge >= 0.3 is 5.97 Å². The Morgan fingerprint density at radius 3 is 2.30 bits per heavy atom. The lowest BCUT2D eigenvalue weighted by atomic mass is 10.3. The average Bonchev–Trinajstić information content (AvgIpc) is 3.17. The lowest BCUT2D eigenvalue weighted by molar-refractivity contribution is -0.119. The molecule has 4 aromatic rings. The van der Waals surface area contributed by atoms with Crippen LogP contribution in [0.15, 0.2) is 79.0 Å². The van der Waals surface area contributed by atoms with Gasteiger partial charge in [0, 0.05) is 17.6 Å². The van der Waals surface area contributed by atoms with Crippen LogP contribution in [0.5, 0.6) is 11.5 Å². The minimum atomic E-state index is -0.635. The first kappa shape index (κ1) is 21.8. The van der Waals surface area contributed by atoms with E-state index in [2.05, 4.69) is 15.4 Å². The number of carbonyl (C=O) groups excluding carboxylic acids is 2. The van der Waals surface area contributed by atoms with Crippen LogP contribution in [0.1, 0.15) is 21.7 Å². The summed E-state index contributed by atoms with van der Waals surface area (Å²) in [6, 6.07) is 21.5. The number of aromatic nitrogens is 3. The number of rotatable bonds is 7. The maximum absolute atomic E-state index is 12.3. The summed E-state index contributed by atoms with van der Waals surface area (Å²) in [7, 11) is 0. The molecule has 2 aromatic heterocycles. The molecular formula is C25H22N4O4. The molecule has 0 aliphatic rings. The smallest absolute Gasteiger partial charge is 0.340 e. The number of carbonyl (C=O) groups is 2. The lowest BCUT2D eigenvalue weighted by Crippen LogP contribution is -2.21. The highest BCUT2D eigenvalue weighted by Gasteiger charge is 2.12. The van der Waals surface area contributed by atoms with E-state index < -0.39 is 18.5 Å². The van der Waals surface area contributed by atoms with E-state index in [1.54, 1.807) is 41.1 Å². The van der Waals surface area contributed by atoms with Crippen molar-refractivity contribution in [1.29, 1.82) is 0 Å². The number of aryl methyl sites for hydroxylation is 2. The van der Waals surface area contributed by atoms with Gasteiger partial charge in [0.2, 0.25) is 0 Å². The molecule has 0 saturated carbocycles. The Kier molecular flexibility index (Phi) is 6.45. The summed E-state index contributed by atoms with van der Waals surface area (Å²) < 4.78 is 12.5. The molecule has 2 aromatic carbocycles. The number of hydrogen-bond donors (Lipinski definition) is 1. The number of ether oxygens (including phenoxy) is 2. The zero-order valence-electron chi connectivity index (χ0n) is 18.2. The van der Waals surface area contributed by atoms with Crippen molar-refractivity contribution in [3.05, 3.63) is 95.9 Å². The molecular weight excluding hydrogens is 420 g/mol. The van der Waals surface area contributed by atoms with Crippen LogP contribution in [-0.2, 0) is 9.53 Å². The summed E-state index contributed by atoms with van der Waals surface area (Å²) in [6.45, 7) is 3.40. The minimum Gasteiger partial charge on any atom is -0.457 e. The molecule has 1 N–H and O–H groups in total. The number of para-hydroxylation sites is 1. The monoisotopic (exact) mass is 442 g/mol. The molecule has 0 aliphatic heterocycles. The van der Waals surface area contributed by atoms with E-state index in [1.165, 1.54) is 6.20 Å². The molecule has 1 amide bonds. The molecule has 0 aliphatic carbocycles. The van der Waals surface area contributed by atoms with Gasteiger partial charge in [-0.2, -0.15) is 5.10 Å². The van der Waals surface area contributed by atoms with Crippen LogP contribution >= 0.6 is 0 Å². The second-order valence-electron chi connectivity index (χ2n) is 7.31. The van der Waals surface area contributed by atoms with Crippen LogP contribution < -0.4 is 10.1 Å². The fraction of sp³-hybridized carbons (Fsp3) is 0.120. The Morgan fingerprint density at radius 2 is 1.67 bits per heavy atom. The van der Waals surface area contributed by atoms with Crippen molar-refractivity contribution in [3.63, 3.8) is 0 Å². The van der Waals surface area contributed by atoms with Crippen molar-refractivity contribution in [2.45, 2.75) is 13.8 Å². The highest BCUT2D eigenvalue weighted by Crippen LogP contribution is 2.22. The van der Waals surface area contributed by atoms with Crippen molar-refractivity contribution < 1.29 is 19.1 Å². The molecule has 8 heteroatoms.